The summed E-state index contributed by atoms with van der Waals surface area (Å²) in [6, 6.07) is 5.95. The van der Waals surface area contributed by atoms with Gasteiger partial charge in [-0.3, -0.25) is 9.69 Å². The third-order valence-electron chi connectivity index (χ3n) is 4.15. The molecule has 1 aromatic rings. The fourth-order valence-electron chi connectivity index (χ4n) is 2.62. The molecule has 1 fully saturated rings. The first kappa shape index (κ1) is 15.0. The molecule has 1 aliphatic rings. The van der Waals surface area contributed by atoms with Crippen LogP contribution in [0.1, 0.15) is 24.5 Å². The van der Waals surface area contributed by atoms with Gasteiger partial charge in [0.05, 0.1) is 12.6 Å². The lowest BCUT2D eigenvalue weighted by Gasteiger charge is -2.17. The molecule has 0 unspecified atom stereocenters. The molecule has 4 nitrogen and oxygen atoms in total. The summed E-state index contributed by atoms with van der Waals surface area (Å²) in [6.45, 7) is 8.01. The van der Waals surface area contributed by atoms with Crippen molar-refractivity contribution in [1.29, 1.82) is 0 Å². The van der Waals surface area contributed by atoms with Gasteiger partial charge in [-0.05, 0) is 62.9 Å². The van der Waals surface area contributed by atoms with Crippen LogP contribution < -0.4 is 5.32 Å². The number of hydrogen-bond acceptors (Lipinski definition) is 3. The van der Waals surface area contributed by atoms with E-state index in [0.29, 0.717) is 12.5 Å². The minimum Gasteiger partial charge on any atom is -0.393 e. The van der Waals surface area contributed by atoms with E-state index in [0.717, 1.165) is 25.2 Å². The lowest BCUT2D eigenvalue weighted by molar-refractivity contribution is -0.117. The van der Waals surface area contributed by atoms with Crippen molar-refractivity contribution in [3.05, 3.63) is 29.3 Å². The molecule has 0 bridgehead atoms. The van der Waals surface area contributed by atoms with Crippen molar-refractivity contribution in [2.45, 2.75) is 33.3 Å². The molecule has 1 saturated heterocycles. The number of aryl methyl sites for hydroxylation is 2. The molecule has 0 radical (unpaired) electrons. The number of anilines is 1. The van der Waals surface area contributed by atoms with Gasteiger partial charge in [0.1, 0.15) is 0 Å². The van der Waals surface area contributed by atoms with Crippen LogP contribution in [0.2, 0.25) is 0 Å². The number of aliphatic hydroxyl groups is 1. The summed E-state index contributed by atoms with van der Waals surface area (Å²) in [4.78, 5) is 14.1. The highest BCUT2D eigenvalue weighted by molar-refractivity contribution is 5.92. The van der Waals surface area contributed by atoms with Crippen LogP contribution in [0.4, 0.5) is 5.69 Å². The molecule has 0 spiro atoms. The van der Waals surface area contributed by atoms with Crippen molar-refractivity contribution >= 4 is 11.6 Å². The zero-order valence-corrected chi connectivity index (χ0v) is 12.5. The second kappa shape index (κ2) is 6.37. The van der Waals surface area contributed by atoms with Crippen LogP contribution in [0.5, 0.6) is 0 Å². The van der Waals surface area contributed by atoms with Crippen LogP contribution in [0.3, 0.4) is 0 Å². The molecule has 1 aliphatic heterocycles. The molecule has 2 rings (SSSR count). The predicted molar refractivity (Wildman–Crippen MR) is 80.8 cm³/mol. The second-order valence-corrected chi connectivity index (χ2v) is 5.87. The smallest absolute Gasteiger partial charge is 0.238 e. The first-order chi connectivity index (χ1) is 9.45. The SMILES string of the molecule is Cc1ccc(NC(=O)CN2CC[C@@H]([C@H](C)O)C2)cc1C. The summed E-state index contributed by atoms with van der Waals surface area (Å²) < 4.78 is 0. The predicted octanol–water partition coefficient (Wildman–Crippen LogP) is 1.94. The maximum Gasteiger partial charge on any atom is 0.238 e. The third kappa shape index (κ3) is 3.81. The van der Waals surface area contributed by atoms with Gasteiger partial charge in [-0.25, -0.2) is 0 Å². The lowest BCUT2D eigenvalue weighted by Crippen LogP contribution is -2.32. The topological polar surface area (TPSA) is 52.6 Å². The van der Waals surface area contributed by atoms with Gasteiger partial charge in [0.25, 0.3) is 0 Å². The van der Waals surface area contributed by atoms with Crippen molar-refractivity contribution < 1.29 is 9.90 Å². The summed E-state index contributed by atoms with van der Waals surface area (Å²) >= 11 is 0. The van der Waals surface area contributed by atoms with Crippen LogP contribution in [-0.2, 0) is 4.79 Å². The largest absolute Gasteiger partial charge is 0.393 e. The molecular weight excluding hydrogens is 252 g/mol. The highest BCUT2D eigenvalue weighted by Gasteiger charge is 2.26. The number of nitrogens with one attached hydrogen (secondary N) is 1. The first-order valence-corrected chi connectivity index (χ1v) is 7.23. The molecule has 110 valence electrons. The van der Waals surface area contributed by atoms with Gasteiger partial charge in [0.2, 0.25) is 5.91 Å². The van der Waals surface area contributed by atoms with E-state index in [4.69, 9.17) is 0 Å². The molecule has 1 amide bonds. The van der Waals surface area contributed by atoms with Crippen molar-refractivity contribution in [3.63, 3.8) is 0 Å². The van der Waals surface area contributed by atoms with Crippen LogP contribution in [0.25, 0.3) is 0 Å². The molecule has 0 aromatic heterocycles. The van der Waals surface area contributed by atoms with Gasteiger partial charge < -0.3 is 10.4 Å². The number of benzene rings is 1. The second-order valence-electron chi connectivity index (χ2n) is 5.87. The summed E-state index contributed by atoms with van der Waals surface area (Å²) in [7, 11) is 0. The summed E-state index contributed by atoms with van der Waals surface area (Å²) in [6.07, 6.45) is 0.678. The molecular formula is C16H24N2O2. The van der Waals surface area contributed by atoms with E-state index in [1.165, 1.54) is 11.1 Å². The van der Waals surface area contributed by atoms with Gasteiger partial charge in [-0.15, -0.1) is 0 Å². The maximum absolute atomic E-state index is 12.0. The Labute approximate surface area is 120 Å². The minimum atomic E-state index is -0.289. The van der Waals surface area contributed by atoms with Gasteiger partial charge in [-0.2, -0.15) is 0 Å². The zero-order valence-electron chi connectivity index (χ0n) is 12.5. The standard InChI is InChI=1S/C16H24N2O2/c1-11-4-5-15(8-12(11)2)17-16(20)10-18-7-6-14(9-18)13(3)19/h4-5,8,13-14,19H,6-7,9-10H2,1-3H3,(H,17,20)/t13-,14+/m0/s1. The van der Waals surface area contributed by atoms with Crippen molar-refractivity contribution in [3.8, 4) is 0 Å². The van der Waals surface area contributed by atoms with E-state index >= 15 is 0 Å². The Morgan fingerprint density at radius 1 is 1.45 bits per heavy atom. The first-order valence-electron chi connectivity index (χ1n) is 7.23. The molecule has 2 N–H and O–H groups in total. The average molecular weight is 276 g/mol. The normalized spacial score (nSPS) is 20.9. The van der Waals surface area contributed by atoms with Crippen LogP contribution >= 0.6 is 0 Å². The van der Waals surface area contributed by atoms with E-state index in [1.54, 1.807) is 0 Å². The molecule has 4 heteroatoms. The van der Waals surface area contributed by atoms with E-state index in [-0.39, 0.29) is 12.0 Å². The Balaban J connectivity index is 1.85. The van der Waals surface area contributed by atoms with Gasteiger partial charge in [0, 0.05) is 12.2 Å². The van der Waals surface area contributed by atoms with Crippen molar-refractivity contribution in [1.82, 2.24) is 4.90 Å². The molecule has 1 heterocycles. The summed E-state index contributed by atoms with van der Waals surface area (Å²) in [5.74, 6) is 0.309. The summed E-state index contributed by atoms with van der Waals surface area (Å²) in [5, 5.41) is 12.5. The van der Waals surface area contributed by atoms with Crippen LogP contribution in [0, 0.1) is 19.8 Å². The number of amides is 1. The summed E-state index contributed by atoms with van der Waals surface area (Å²) in [5.41, 5.74) is 3.25. The fourth-order valence-corrected chi connectivity index (χ4v) is 2.62. The van der Waals surface area contributed by atoms with E-state index in [1.807, 2.05) is 32.0 Å². The van der Waals surface area contributed by atoms with Crippen molar-refractivity contribution in [2.24, 2.45) is 5.92 Å². The lowest BCUT2D eigenvalue weighted by atomic mass is 10.0. The monoisotopic (exact) mass is 276 g/mol. The zero-order chi connectivity index (χ0) is 14.7. The maximum atomic E-state index is 12.0. The minimum absolute atomic E-state index is 0.0134. The Hall–Kier alpha value is -1.39. The molecule has 2 atom stereocenters. The van der Waals surface area contributed by atoms with E-state index < -0.39 is 0 Å². The number of rotatable bonds is 4. The number of hydrogen-bond donors (Lipinski definition) is 2. The van der Waals surface area contributed by atoms with Crippen LogP contribution in [0.15, 0.2) is 18.2 Å². The van der Waals surface area contributed by atoms with E-state index in [9.17, 15) is 9.90 Å². The fraction of sp³-hybridized carbons (Fsp3) is 0.562. The molecule has 1 aromatic carbocycles. The highest BCUT2D eigenvalue weighted by atomic mass is 16.3. The molecule has 0 aliphatic carbocycles. The Morgan fingerprint density at radius 2 is 2.20 bits per heavy atom. The number of carbonyl (C=O) groups is 1. The number of aliphatic hydroxyl groups excluding tert-OH is 1. The average Bonchev–Trinajstić information content (AvgIpc) is 2.82. The Kier molecular flexibility index (Phi) is 4.78. The molecule has 0 saturated carbocycles. The Morgan fingerprint density at radius 3 is 2.80 bits per heavy atom. The van der Waals surface area contributed by atoms with Gasteiger partial charge >= 0.3 is 0 Å². The molecule has 20 heavy (non-hydrogen) atoms. The third-order valence-corrected chi connectivity index (χ3v) is 4.15. The number of nitrogens with zero attached hydrogens (tertiary/aromatic N) is 1. The number of carbonyl (C=O) groups excluding carboxylic acids is 1. The van der Waals surface area contributed by atoms with Crippen molar-refractivity contribution in [2.75, 3.05) is 25.0 Å². The Bertz CT molecular complexity index is 485. The number of likely N-dealkylation sites (tertiary alicyclic amines) is 1. The quantitative estimate of drug-likeness (QED) is 0.883. The van der Waals surface area contributed by atoms with Gasteiger partial charge in [-0.1, -0.05) is 6.07 Å². The van der Waals surface area contributed by atoms with E-state index in [2.05, 4.69) is 17.1 Å². The van der Waals surface area contributed by atoms with Gasteiger partial charge in [0.15, 0.2) is 0 Å². The van der Waals surface area contributed by atoms with Crippen LogP contribution in [-0.4, -0.2) is 41.7 Å². The highest BCUT2D eigenvalue weighted by Crippen LogP contribution is 2.19.